The van der Waals surface area contributed by atoms with Gasteiger partial charge in [-0.15, -0.1) is 0 Å². The number of hydrogen-bond donors (Lipinski definition) is 5. The van der Waals surface area contributed by atoms with Crippen molar-refractivity contribution >= 4 is 34.3 Å². The summed E-state index contributed by atoms with van der Waals surface area (Å²) in [5, 5.41) is 15.7. The summed E-state index contributed by atoms with van der Waals surface area (Å²) in [4.78, 5) is 13.2. The van der Waals surface area contributed by atoms with Crippen molar-refractivity contribution in [3.8, 4) is 0 Å². The van der Waals surface area contributed by atoms with Crippen LogP contribution in [0.5, 0.6) is 0 Å². The molecule has 25 heavy (non-hydrogen) atoms. The quantitative estimate of drug-likeness (QED) is 0.417. The fraction of sp³-hybridized carbons (Fsp3) is 0.312. The van der Waals surface area contributed by atoms with Crippen LogP contribution in [-0.4, -0.2) is 37.3 Å². The van der Waals surface area contributed by atoms with Crippen molar-refractivity contribution in [1.82, 2.24) is 19.5 Å². The number of rotatable bonds is 6. The topological polar surface area (TPSA) is 140 Å². The summed E-state index contributed by atoms with van der Waals surface area (Å²) >= 11 is 0. The number of aromatic nitrogens is 4. The van der Waals surface area contributed by atoms with E-state index in [9.17, 15) is 5.11 Å². The van der Waals surface area contributed by atoms with Gasteiger partial charge >= 0.3 is 0 Å². The second kappa shape index (κ2) is 6.81. The van der Waals surface area contributed by atoms with Crippen LogP contribution in [0.4, 0.5) is 23.1 Å². The Labute approximate surface area is 145 Å². The molecule has 9 nitrogen and oxygen atoms in total. The fourth-order valence-electron chi connectivity index (χ4n) is 2.41. The lowest BCUT2D eigenvalue weighted by Crippen LogP contribution is -2.17. The van der Waals surface area contributed by atoms with Gasteiger partial charge in [0.2, 0.25) is 5.95 Å². The molecule has 1 atom stereocenters. The van der Waals surface area contributed by atoms with Crippen LogP contribution >= 0.6 is 0 Å². The monoisotopic (exact) mass is 342 g/mol. The summed E-state index contributed by atoms with van der Waals surface area (Å²) in [5.74, 6) is 1.00. The Bertz CT molecular complexity index is 889. The zero-order valence-corrected chi connectivity index (χ0v) is 14.2. The lowest BCUT2D eigenvalue weighted by Gasteiger charge is -2.12. The number of nitrogen functional groups attached to an aromatic ring is 2. The molecule has 0 bridgehead atoms. The van der Waals surface area contributed by atoms with E-state index in [2.05, 4.69) is 25.6 Å². The number of anilines is 4. The maximum Gasteiger partial charge on any atom is 0.226 e. The third-order valence-electron chi connectivity index (χ3n) is 3.79. The zero-order chi connectivity index (χ0) is 18.0. The molecule has 3 aromatic rings. The number of aliphatic hydroxyl groups is 1. The number of hydrogen-bond acceptors (Lipinski definition) is 8. The number of nitrogens with one attached hydrogen (secondary N) is 2. The van der Waals surface area contributed by atoms with Crippen molar-refractivity contribution in [2.75, 3.05) is 28.6 Å². The van der Waals surface area contributed by atoms with Gasteiger partial charge < -0.3 is 31.8 Å². The average molecular weight is 342 g/mol. The lowest BCUT2D eigenvalue weighted by atomic mass is 10.1. The Morgan fingerprint density at radius 2 is 2.04 bits per heavy atom. The van der Waals surface area contributed by atoms with E-state index in [4.69, 9.17) is 11.5 Å². The predicted octanol–water partition coefficient (Wildman–Crippen LogP) is 0.932. The Morgan fingerprint density at radius 1 is 1.24 bits per heavy atom. The van der Waals surface area contributed by atoms with Gasteiger partial charge in [-0.2, -0.15) is 9.97 Å². The molecule has 0 spiro atoms. The molecule has 0 fully saturated rings. The van der Waals surface area contributed by atoms with Gasteiger partial charge in [-0.3, -0.25) is 0 Å². The first-order valence-electron chi connectivity index (χ1n) is 7.93. The molecule has 0 saturated carbocycles. The van der Waals surface area contributed by atoms with E-state index in [0.717, 1.165) is 5.56 Å². The second-order valence-electron chi connectivity index (χ2n) is 5.93. The number of nitrogens with zero attached hydrogens (tertiary/aromatic N) is 4. The van der Waals surface area contributed by atoms with Crippen molar-refractivity contribution in [2.24, 2.45) is 7.05 Å². The Balaban J connectivity index is 1.90. The molecule has 2 aromatic heterocycles. The molecule has 3 rings (SSSR count). The summed E-state index contributed by atoms with van der Waals surface area (Å²) in [5.41, 5.74) is 15.2. The molecule has 0 radical (unpaired) electrons. The van der Waals surface area contributed by atoms with Gasteiger partial charge in [0.15, 0.2) is 17.0 Å². The lowest BCUT2D eigenvalue weighted by molar-refractivity contribution is 0.208. The number of para-hydroxylation sites is 1. The highest BCUT2D eigenvalue weighted by atomic mass is 16.3. The maximum atomic E-state index is 9.44. The minimum absolute atomic E-state index is 0.352. The van der Waals surface area contributed by atoms with E-state index < -0.39 is 6.10 Å². The predicted molar refractivity (Wildman–Crippen MR) is 99.1 cm³/mol. The van der Waals surface area contributed by atoms with Gasteiger partial charge in [0.1, 0.15) is 0 Å². The van der Waals surface area contributed by atoms with Crippen LogP contribution in [0.2, 0.25) is 0 Å². The molecule has 0 aliphatic rings. The number of aliphatic hydroxyl groups excluding tert-OH is 1. The van der Waals surface area contributed by atoms with E-state index in [1.54, 1.807) is 19.3 Å². The van der Waals surface area contributed by atoms with Gasteiger partial charge in [-0.1, -0.05) is 12.1 Å². The SMILES string of the molecule is CC(O)CNc1nc(NCc2cccc(N)c2N)c2ncn(C)c2n1. The zero-order valence-electron chi connectivity index (χ0n) is 14.2. The van der Waals surface area contributed by atoms with Crippen LogP contribution in [0.1, 0.15) is 12.5 Å². The first kappa shape index (κ1) is 16.8. The molecule has 2 heterocycles. The van der Waals surface area contributed by atoms with Gasteiger partial charge in [0.05, 0.1) is 23.8 Å². The minimum Gasteiger partial charge on any atom is -0.397 e. The van der Waals surface area contributed by atoms with E-state index >= 15 is 0 Å². The maximum absolute atomic E-state index is 9.44. The number of imidazole rings is 1. The molecule has 7 N–H and O–H groups in total. The summed E-state index contributed by atoms with van der Waals surface area (Å²) in [6, 6.07) is 5.52. The molecular formula is C16H22N8O. The van der Waals surface area contributed by atoms with Crippen LogP contribution in [0, 0.1) is 0 Å². The number of nitrogens with two attached hydrogens (primary N) is 2. The second-order valence-corrected chi connectivity index (χ2v) is 5.93. The van der Waals surface area contributed by atoms with Crippen LogP contribution in [0.15, 0.2) is 24.5 Å². The van der Waals surface area contributed by atoms with Crippen molar-refractivity contribution < 1.29 is 5.11 Å². The highest BCUT2D eigenvalue weighted by Gasteiger charge is 2.13. The van der Waals surface area contributed by atoms with Crippen LogP contribution in [-0.2, 0) is 13.6 Å². The largest absolute Gasteiger partial charge is 0.397 e. The summed E-state index contributed by atoms with van der Waals surface area (Å²) in [6.07, 6.45) is 1.17. The molecule has 1 unspecified atom stereocenters. The summed E-state index contributed by atoms with van der Waals surface area (Å²) in [7, 11) is 1.86. The number of benzene rings is 1. The Morgan fingerprint density at radius 3 is 2.80 bits per heavy atom. The third-order valence-corrected chi connectivity index (χ3v) is 3.79. The standard InChI is InChI=1S/C16H22N8O/c1-9(25)6-20-16-22-14(13-15(23-16)24(2)8-21-13)19-7-10-4-3-5-11(17)12(10)18/h3-5,8-9,25H,6-7,17-18H2,1-2H3,(H2,19,20,22,23). The first-order chi connectivity index (χ1) is 12.0. The van der Waals surface area contributed by atoms with E-state index in [1.165, 1.54) is 0 Å². The molecule has 0 saturated heterocycles. The molecule has 0 amide bonds. The summed E-state index contributed by atoms with van der Waals surface area (Å²) < 4.78 is 1.81. The van der Waals surface area contributed by atoms with Crippen molar-refractivity contribution in [3.63, 3.8) is 0 Å². The van der Waals surface area contributed by atoms with E-state index in [1.807, 2.05) is 23.7 Å². The van der Waals surface area contributed by atoms with Gasteiger partial charge in [-0.25, -0.2) is 4.98 Å². The molecule has 0 aliphatic heterocycles. The Kier molecular flexibility index (Phi) is 4.57. The van der Waals surface area contributed by atoms with Crippen LogP contribution < -0.4 is 22.1 Å². The van der Waals surface area contributed by atoms with E-state index in [-0.39, 0.29) is 0 Å². The van der Waals surface area contributed by atoms with Crippen molar-refractivity contribution in [3.05, 3.63) is 30.1 Å². The Hall–Kier alpha value is -3.07. The van der Waals surface area contributed by atoms with Gasteiger partial charge in [0, 0.05) is 20.1 Å². The third kappa shape index (κ3) is 3.56. The average Bonchev–Trinajstić information content (AvgIpc) is 2.95. The molecule has 1 aromatic carbocycles. The van der Waals surface area contributed by atoms with Crippen molar-refractivity contribution in [2.45, 2.75) is 19.6 Å². The van der Waals surface area contributed by atoms with Gasteiger partial charge in [-0.05, 0) is 18.6 Å². The number of aryl methyl sites for hydroxylation is 1. The van der Waals surface area contributed by atoms with Crippen LogP contribution in [0.25, 0.3) is 11.2 Å². The molecule has 132 valence electrons. The van der Waals surface area contributed by atoms with Crippen LogP contribution in [0.3, 0.4) is 0 Å². The smallest absolute Gasteiger partial charge is 0.226 e. The first-order valence-corrected chi connectivity index (χ1v) is 7.93. The highest BCUT2D eigenvalue weighted by molar-refractivity contribution is 5.84. The molecular weight excluding hydrogens is 320 g/mol. The summed E-state index contributed by atoms with van der Waals surface area (Å²) in [6.45, 7) is 2.50. The number of fused-ring (bicyclic) bond motifs is 1. The highest BCUT2D eigenvalue weighted by Crippen LogP contribution is 2.23. The van der Waals surface area contributed by atoms with Crippen molar-refractivity contribution in [1.29, 1.82) is 0 Å². The van der Waals surface area contributed by atoms with Gasteiger partial charge in [0.25, 0.3) is 0 Å². The minimum atomic E-state index is -0.505. The van der Waals surface area contributed by atoms with E-state index in [0.29, 0.717) is 47.4 Å². The fourth-order valence-corrected chi connectivity index (χ4v) is 2.41. The molecule has 0 aliphatic carbocycles. The normalized spacial score (nSPS) is 12.3. The molecule has 9 heteroatoms.